The number of rotatable bonds is 5. The van der Waals surface area contributed by atoms with Gasteiger partial charge < -0.3 is 14.9 Å². The monoisotopic (exact) mass is 393 g/mol. The summed E-state index contributed by atoms with van der Waals surface area (Å²) in [4.78, 5) is 21.5. The normalized spacial score (nSPS) is 23.7. The fourth-order valence-corrected chi connectivity index (χ4v) is 5.25. The van der Waals surface area contributed by atoms with E-state index in [0.717, 1.165) is 62.6 Å². The number of nitrogens with zero attached hydrogens (tertiary/aromatic N) is 3. The lowest BCUT2D eigenvalue weighted by atomic mass is 9.88. The van der Waals surface area contributed by atoms with E-state index in [4.69, 9.17) is 4.98 Å². The molecule has 0 saturated carbocycles. The molecule has 1 atom stereocenters. The molecule has 1 aromatic heterocycles. The third-order valence-electron chi connectivity index (χ3n) is 6.10. The minimum Gasteiger partial charge on any atom is -0.389 e. The lowest BCUT2D eigenvalue weighted by Gasteiger charge is -2.38. The molecule has 0 aromatic carbocycles. The van der Waals surface area contributed by atoms with Gasteiger partial charge in [-0.05, 0) is 32.6 Å². The Labute approximate surface area is 167 Å². The molecule has 1 N–H and O–H groups in total. The molecule has 3 heterocycles. The molecule has 2 aliphatic rings. The van der Waals surface area contributed by atoms with Crippen LogP contribution in [0.3, 0.4) is 0 Å². The van der Waals surface area contributed by atoms with Crippen molar-refractivity contribution in [3.05, 3.63) is 16.1 Å². The van der Waals surface area contributed by atoms with Crippen LogP contribution in [-0.2, 0) is 16.6 Å². The van der Waals surface area contributed by atoms with Gasteiger partial charge in [0.05, 0.1) is 16.3 Å². The highest BCUT2D eigenvalue weighted by Gasteiger charge is 2.34. The number of likely N-dealkylation sites (tertiary alicyclic amines) is 2. The average molecular weight is 394 g/mol. The quantitative estimate of drug-likeness (QED) is 0.835. The predicted octanol–water partition coefficient (Wildman–Crippen LogP) is 3.21. The van der Waals surface area contributed by atoms with Crippen LogP contribution in [0.2, 0.25) is 0 Å². The van der Waals surface area contributed by atoms with Gasteiger partial charge in [-0.1, -0.05) is 20.8 Å². The molecule has 27 heavy (non-hydrogen) atoms. The summed E-state index contributed by atoms with van der Waals surface area (Å²) in [5.74, 6) is 0.290. The van der Waals surface area contributed by atoms with Gasteiger partial charge in [-0.15, -0.1) is 11.3 Å². The third kappa shape index (κ3) is 5.30. The van der Waals surface area contributed by atoms with Crippen molar-refractivity contribution in [1.82, 2.24) is 14.8 Å². The van der Waals surface area contributed by atoms with Crippen molar-refractivity contribution < 1.29 is 9.90 Å². The van der Waals surface area contributed by atoms with Gasteiger partial charge in [-0.25, -0.2) is 4.98 Å². The second-order valence-corrected chi connectivity index (χ2v) is 10.4. The van der Waals surface area contributed by atoms with Gasteiger partial charge in [0.1, 0.15) is 0 Å². The van der Waals surface area contributed by atoms with Gasteiger partial charge in [0, 0.05) is 55.9 Å². The lowest BCUT2D eigenvalue weighted by Crippen LogP contribution is -2.46. The fourth-order valence-electron chi connectivity index (χ4n) is 4.09. The van der Waals surface area contributed by atoms with Crippen molar-refractivity contribution in [3.8, 4) is 0 Å². The van der Waals surface area contributed by atoms with Gasteiger partial charge in [-0.3, -0.25) is 4.79 Å². The molecular formula is C21H35N3O2S. The maximum absolute atomic E-state index is 12.4. The molecule has 2 aliphatic heterocycles. The number of piperidine rings is 1. The third-order valence-corrected chi connectivity index (χ3v) is 6.95. The Bertz CT molecular complexity index is 644. The van der Waals surface area contributed by atoms with Crippen LogP contribution in [0.1, 0.15) is 70.5 Å². The largest absolute Gasteiger partial charge is 0.389 e. The summed E-state index contributed by atoms with van der Waals surface area (Å²) in [7, 11) is 0. The number of carbonyl (C=O) groups is 1. The topological polar surface area (TPSA) is 56.7 Å². The maximum Gasteiger partial charge on any atom is 0.224 e. The number of carbonyl (C=O) groups excluding carboxylic acids is 1. The Morgan fingerprint density at radius 1 is 1.33 bits per heavy atom. The smallest absolute Gasteiger partial charge is 0.224 e. The van der Waals surface area contributed by atoms with E-state index in [0.29, 0.717) is 24.8 Å². The van der Waals surface area contributed by atoms with E-state index in [2.05, 4.69) is 38.0 Å². The molecule has 6 heteroatoms. The molecule has 2 saturated heterocycles. The summed E-state index contributed by atoms with van der Waals surface area (Å²) in [5.41, 5.74) is 0.509. The highest BCUT2D eigenvalue weighted by Crippen LogP contribution is 2.30. The molecule has 0 spiro atoms. The van der Waals surface area contributed by atoms with Gasteiger partial charge >= 0.3 is 0 Å². The first-order chi connectivity index (χ1) is 12.7. The van der Waals surface area contributed by atoms with Gasteiger partial charge in [0.25, 0.3) is 0 Å². The van der Waals surface area contributed by atoms with Crippen LogP contribution in [0.25, 0.3) is 0 Å². The second kappa shape index (κ2) is 8.18. The number of hydrogen-bond donors (Lipinski definition) is 1. The zero-order valence-corrected chi connectivity index (χ0v) is 18.1. The molecule has 1 aromatic rings. The molecule has 1 amide bonds. The number of aromatic nitrogens is 1. The van der Waals surface area contributed by atoms with Crippen LogP contribution in [-0.4, -0.2) is 63.6 Å². The Kier molecular flexibility index (Phi) is 6.28. The Hall–Kier alpha value is -0.980. The Balaban J connectivity index is 1.45. The summed E-state index contributed by atoms with van der Waals surface area (Å²) in [6, 6.07) is 0.403. The van der Waals surface area contributed by atoms with Crippen molar-refractivity contribution in [2.45, 2.75) is 83.3 Å². The van der Waals surface area contributed by atoms with E-state index >= 15 is 0 Å². The molecule has 0 aliphatic carbocycles. The zero-order valence-electron chi connectivity index (χ0n) is 17.3. The number of aliphatic hydroxyl groups is 1. The van der Waals surface area contributed by atoms with Crippen molar-refractivity contribution >= 4 is 17.2 Å². The van der Waals surface area contributed by atoms with Gasteiger partial charge in [0.15, 0.2) is 0 Å². The predicted molar refractivity (Wildman–Crippen MR) is 110 cm³/mol. The highest BCUT2D eigenvalue weighted by molar-refractivity contribution is 7.09. The number of hydrogen-bond acceptors (Lipinski definition) is 5. The summed E-state index contributed by atoms with van der Waals surface area (Å²) >= 11 is 1.66. The van der Waals surface area contributed by atoms with Crippen LogP contribution in [0.4, 0.5) is 0 Å². The lowest BCUT2D eigenvalue weighted by molar-refractivity contribution is -0.132. The first-order valence-corrected chi connectivity index (χ1v) is 11.2. The van der Waals surface area contributed by atoms with Crippen molar-refractivity contribution in [2.24, 2.45) is 0 Å². The minimum absolute atomic E-state index is 0.0557. The van der Waals surface area contributed by atoms with Crippen LogP contribution < -0.4 is 0 Å². The number of amides is 1. The van der Waals surface area contributed by atoms with E-state index in [1.807, 2.05) is 4.90 Å². The molecule has 2 fully saturated rings. The van der Waals surface area contributed by atoms with Crippen LogP contribution in [0, 0.1) is 0 Å². The molecular weight excluding hydrogens is 358 g/mol. The highest BCUT2D eigenvalue weighted by atomic mass is 32.1. The summed E-state index contributed by atoms with van der Waals surface area (Å²) in [5, 5.41) is 14.2. The molecule has 0 radical (unpaired) electrons. The van der Waals surface area contributed by atoms with Gasteiger partial charge in [-0.2, -0.15) is 0 Å². The van der Waals surface area contributed by atoms with E-state index in [9.17, 15) is 9.90 Å². The maximum atomic E-state index is 12.4. The van der Waals surface area contributed by atoms with Crippen LogP contribution in [0.5, 0.6) is 0 Å². The Morgan fingerprint density at radius 2 is 2.04 bits per heavy atom. The van der Waals surface area contributed by atoms with Crippen molar-refractivity contribution in [2.75, 3.05) is 26.2 Å². The Morgan fingerprint density at radius 3 is 2.59 bits per heavy atom. The van der Waals surface area contributed by atoms with E-state index in [1.165, 1.54) is 0 Å². The second-order valence-electron chi connectivity index (χ2n) is 9.45. The van der Waals surface area contributed by atoms with Crippen LogP contribution >= 0.6 is 11.3 Å². The summed E-state index contributed by atoms with van der Waals surface area (Å²) in [6.45, 7) is 12.1. The molecule has 3 rings (SSSR count). The number of thiazole rings is 1. The van der Waals surface area contributed by atoms with Crippen LogP contribution in [0.15, 0.2) is 5.38 Å². The van der Waals surface area contributed by atoms with Crippen molar-refractivity contribution in [1.29, 1.82) is 0 Å². The first-order valence-electron chi connectivity index (χ1n) is 10.4. The SMILES string of the molecule is CC1CCCN1C(=O)CCN1CCC(O)(Cc2nc(C(C)(C)C)cs2)CC1. The average Bonchev–Trinajstić information content (AvgIpc) is 3.22. The van der Waals surface area contributed by atoms with E-state index in [1.54, 1.807) is 11.3 Å². The molecule has 5 nitrogen and oxygen atoms in total. The van der Waals surface area contributed by atoms with Gasteiger partial charge in [0.2, 0.25) is 5.91 Å². The summed E-state index contributed by atoms with van der Waals surface area (Å²) in [6.07, 6.45) is 5.03. The first kappa shape index (κ1) is 20.7. The molecule has 1 unspecified atom stereocenters. The fraction of sp³-hybridized carbons (Fsp3) is 0.810. The molecule has 152 valence electrons. The summed E-state index contributed by atoms with van der Waals surface area (Å²) < 4.78 is 0. The van der Waals surface area contributed by atoms with Crippen molar-refractivity contribution in [3.63, 3.8) is 0 Å². The zero-order chi connectivity index (χ0) is 19.7. The van der Waals surface area contributed by atoms with E-state index < -0.39 is 5.60 Å². The standard InChI is InChI=1S/C21H35N3O2S/c1-16-6-5-10-24(16)19(25)7-11-23-12-8-21(26,9-13-23)14-18-22-17(15-27-18)20(2,3)4/h15-16,26H,5-14H2,1-4H3. The van der Waals surface area contributed by atoms with E-state index in [-0.39, 0.29) is 5.41 Å². The minimum atomic E-state index is -0.656. The molecule has 0 bridgehead atoms.